The lowest BCUT2D eigenvalue weighted by Crippen LogP contribution is -2.53. The predicted octanol–water partition coefficient (Wildman–Crippen LogP) is 5.49. The molecule has 0 saturated carbocycles. The maximum atomic E-state index is 12.6. The van der Waals surface area contributed by atoms with Gasteiger partial charge in [-0.2, -0.15) is 0 Å². The Morgan fingerprint density at radius 3 is 2.62 bits per heavy atom. The van der Waals surface area contributed by atoms with Crippen molar-refractivity contribution >= 4 is 11.9 Å². The highest BCUT2D eigenvalue weighted by Crippen LogP contribution is 2.52. The number of ether oxygens (including phenoxy) is 1. The summed E-state index contributed by atoms with van der Waals surface area (Å²) in [6.07, 6.45) is 8.91. The van der Waals surface area contributed by atoms with E-state index >= 15 is 0 Å². The molecule has 3 heteroatoms. The Balaban J connectivity index is 1.74. The quantitative estimate of drug-likeness (QED) is 0.520. The molecule has 1 N–H and O–H groups in total. The average Bonchev–Trinajstić information content (AvgIpc) is 2.78. The van der Waals surface area contributed by atoms with Gasteiger partial charge in [0.25, 0.3) is 0 Å². The van der Waals surface area contributed by atoms with E-state index in [1.165, 1.54) is 27.8 Å². The topological polar surface area (TPSA) is 38.3 Å². The molecule has 0 saturated heterocycles. The lowest BCUT2D eigenvalue weighted by atomic mass is 9.62. The van der Waals surface area contributed by atoms with Gasteiger partial charge in [-0.3, -0.25) is 0 Å². The zero-order chi connectivity index (χ0) is 22.5. The standard InChI is InChI=1S/C29H31NO2/c1-18-16-29(2,3)30-24-14-13-21-27-20(11-8-12-25(27)32-4)15-22(28(21)26(18)24)23(17-31)19-9-6-5-7-10-19/h5-14,16-17,22-24,26,30H,15H2,1-4H3. The van der Waals surface area contributed by atoms with Gasteiger partial charge in [-0.1, -0.05) is 66.3 Å². The number of carbonyl (C=O) groups excluding carboxylic acids is 1. The average molecular weight is 426 g/mol. The van der Waals surface area contributed by atoms with Crippen molar-refractivity contribution in [3.05, 3.63) is 94.6 Å². The van der Waals surface area contributed by atoms with E-state index in [2.05, 4.69) is 68.6 Å². The van der Waals surface area contributed by atoms with Crippen molar-refractivity contribution in [2.75, 3.05) is 7.11 Å². The van der Waals surface area contributed by atoms with Crippen molar-refractivity contribution in [3.63, 3.8) is 0 Å². The fourth-order valence-corrected chi connectivity index (χ4v) is 6.19. The SMILES string of the molecule is COc1cccc2c1C1=C(C(C(C=O)c3ccccc3)C2)C2C(C)=CC(C)(C)NC2C=C1. The van der Waals surface area contributed by atoms with Crippen LogP contribution in [0.15, 0.2) is 77.9 Å². The lowest BCUT2D eigenvalue weighted by Gasteiger charge is -2.47. The molecule has 4 unspecified atom stereocenters. The molecule has 5 rings (SSSR count). The van der Waals surface area contributed by atoms with Gasteiger partial charge in [-0.05, 0) is 61.4 Å². The van der Waals surface area contributed by atoms with E-state index < -0.39 is 0 Å². The minimum Gasteiger partial charge on any atom is -0.496 e. The molecule has 3 aliphatic rings. The fourth-order valence-electron chi connectivity index (χ4n) is 6.19. The van der Waals surface area contributed by atoms with Gasteiger partial charge >= 0.3 is 0 Å². The van der Waals surface area contributed by atoms with Crippen molar-refractivity contribution in [2.45, 2.75) is 44.7 Å². The van der Waals surface area contributed by atoms with Gasteiger partial charge in [-0.15, -0.1) is 0 Å². The summed E-state index contributed by atoms with van der Waals surface area (Å²) in [5, 5.41) is 3.81. The van der Waals surface area contributed by atoms with Crippen molar-refractivity contribution in [1.82, 2.24) is 5.32 Å². The van der Waals surface area contributed by atoms with Crippen LogP contribution in [0.1, 0.15) is 43.4 Å². The number of benzene rings is 2. The molecule has 3 nitrogen and oxygen atoms in total. The van der Waals surface area contributed by atoms with E-state index in [-0.39, 0.29) is 29.3 Å². The number of aldehydes is 1. The summed E-state index contributed by atoms with van der Waals surface area (Å²) < 4.78 is 5.80. The second kappa shape index (κ2) is 7.90. The van der Waals surface area contributed by atoms with Crippen molar-refractivity contribution in [2.24, 2.45) is 11.8 Å². The zero-order valence-electron chi connectivity index (χ0n) is 19.3. The first-order chi connectivity index (χ1) is 15.4. The van der Waals surface area contributed by atoms with E-state index in [4.69, 9.17) is 4.74 Å². The second-order valence-electron chi connectivity index (χ2n) is 9.86. The fraction of sp³-hybridized carbons (Fsp3) is 0.345. The summed E-state index contributed by atoms with van der Waals surface area (Å²) in [5.41, 5.74) is 7.44. The number of hydrogen-bond donors (Lipinski definition) is 1. The van der Waals surface area contributed by atoms with Gasteiger partial charge in [0.1, 0.15) is 12.0 Å². The Kier molecular flexibility index (Phi) is 5.17. The van der Waals surface area contributed by atoms with Crippen LogP contribution in [-0.4, -0.2) is 25.0 Å². The Labute approximate surface area is 190 Å². The number of carbonyl (C=O) groups is 1. The van der Waals surface area contributed by atoms with Crippen molar-refractivity contribution < 1.29 is 9.53 Å². The number of nitrogens with one attached hydrogen (secondary N) is 1. The molecule has 2 aromatic carbocycles. The largest absolute Gasteiger partial charge is 0.496 e. The monoisotopic (exact) mass is 425 g/mol. The predicted molar refractivity (Wildman–Crippen MR) is 130 cm³/mol. The van der Waals surface area contributed by atoms with Gasteiger partial charge in [0, 0.05) is 29.0 Å². The van der Waals surface area contributed by atoms with Crippen LogP contribution in [0.4, 0.5) is 0 Å². The summed E-state index contributed by atoms with van der Waals surface area (Å²) in [5.74, 6) is 1.06. The highest BCUT2D eigenvalue weighted by atomic mass is 16.5. The van der Waals surface area contributed by atoms with Crippen LogP contribution in [0.25, 0.3) is 5.57 Å². The number of fused-ring (bicyclic) bond motifs is 4. The molecule has 0 bridgehead atoms. The summed E-state index contributed by atoms with van der Waals surface area (Å²) in [4.78, 5) is 12.6. The third-order valence-electron chi connectivity index (χ3n) is 7.30. The Morgan fingerprint density at radius 2 is 1.91 bits per heavy atom. The second-order valence-corrected chi connectivity index (χ2v) is 9.86. The van der Waals surface area contributed by atoms with Crippen LogP contribution in [-0.2, 0) is 11.2 Å². The Bertz CT molecular complexity index is 1140. The van der Waals surface area contributed by atoms with Crippen molar-refractivity contribution in [3.8, 4) is 5.75 Å². The van der Waals surface area contributed by atoms with E-state index in [1.54, 1.807) is 7.11 Å². The molecular formula is C29H31NO2. The summed E-state index contributed by atoms with van der Waals surface area (Å²) >= 11 is 0. The minimum atomic E-state index is -0.185. The van der Waals surface area contributed by atoms with Crippen LogP contribution in [0.5, 0.6) is 5.75 Å². The van der Waals surface area contributed by atoms with Gasteiger partial charge in [0.05, 0.1) is 7.11 Å². The molecule has 0 fully saturated rings. The molecule has 0 amide bonds. The van der Waals surface area contributed by atoms with Gasteiger partial charge in [-0.25, -0.2) is 0 Å². The summed E-state index contributed by atoms with van der Waals surface area (Å²) in [6.45, 7) is 6.69. The van der Waals surface area contributed by atoms with Crippen LogP contribution in [0.3, 0.4) is 0 Å². The molecule has 32 heavy (non-hydrogen) atoms. The van der Waals surface area contributed by atoms with E-state index in [0.29, 0.717) is 0 Å². The minimum absolute atomic E-state index is 0.0586. The first kappa shape index (κ1) is 21.0. The van der Waals surface area contributed by atoms with Gasteiger partial charge in [0.2, 0.25) is 0 Å². The van der Waals surface area contributed by atoms with E-state index in [0.717, 1.165) is 24.0 Å². The zero-order valence-corrected chi connectivity index (χ0v) is 19.3. The Hall–Kier alpha value is -2.91. The first-order valence-corrected chi connectivity index (χ1v) is 11.5. The normalized spacial score (nSPS) is 26.4. The molecule has 1 heterocycles. The molecule has 0 spiro atoms. The molecule has 0 radical (unpaired) electrons. The third kappa shape index (κ3) is 3.36. The van der Waals surface area contributed by atoms with Gasteiger partial charge < -0.3 is 14.8 Å². The molecular weight excluding hydrogens is 394 g/mol. The summed E-state index contributed by atoms with van der Waals surface area (Å²) in [7, 11) is 1.74. The van der Waals surface area contributed by atoms with Crippen molar-refractivity contribution in [1.29, 1.82) is 0 Å². The molecule has 2 aromatic rings. The van der Waals surface area contributed by atoms with Crippen LogP contribution in [0, 0.1) is 11.8 Å². The highest BCUT2D eigenvalue weighted by Gasteiger charge is 2.44. The van der Waals surface area contributed by atoms with E-state index in [9.17, 15) is 4.79 Å². The number of methoxy groups -OCH3 is 1. The molecule has 4 atom stereocenters. The molecule has 164 valence electrons. The maximum Gasteiger partial charge on any atom is 0.128 e. The Morgan fingerprint density at radius 1 is 1.12 bits per heavy atom. The first-order valence-electron chi connectivity index (χ1n) is 11.5. The van der Waals surface area contributed by atoms with Crippen LogP contribution in [0.2, 0.25) is 0 Å². The lowest BCUT2D eigenvalue weighted by molar-refractivity contribution is -0.109. The smallest absolute Gasteiger partial charge is 0.128 e. The molecule has 1 aliphatic heterocycles. The number of hydrogen-bond acceptors (Lipinski definition) is 3. The van der Waals surface area contributed by atoms with Crippen LogP contribution >= 0.6 is 0 Å². The maximum absolute atomic E-state index is 12.6. The third-order valence-corrected chi connectivity index (χ3v) is 7.30. The molecule has 2 aliphatic carbocycles. The van der Waals surface area contributed by atoms with Crippen LogP contribution < -0.4 is 10.1 Å². The highest BCUT2D eigenvalue weighted by molar-refractivity contribution is 5.87. The van der Waals surface area contributed by atoms with Gasteiger partial charge in [0.15, 0.2) is 0 Å². The van der Waals surface area contributed by atoms with E-state index in [1.807, 2.05) is 24.3 Å². The summed E-state index contributed by atoms with van der Waals surface area (Å²) in [6, 6.07) is 16.7. The number of allylic oxidation sites excluding steroid dienone is 2. The molecule has 0 aromatic heterocycles. The number of rotatable bonds is 4.